The lowest BCUT2D eigenvalue weighted by atomic mass is 10.1. The molecule has 112 valence electrons. The van der Waals surface area contributed by atoms with Gasteiger partial charge in [0.1, 0.15) is 6.04 Å². The molecule has 1 rings (SSSR count). The maximum atomic E-state index is 11.3. The number of nitrogens with one attached hydrogen (secondary N) is 1. The van der Waals surface area contributed by atoms with Gasteiger partial charge in [-0.2, -0.15) is 0 Å². The highest BCUT2D eigenvalue weighted by molar-refractivity contribution is 5.76. The molecule has 1 aromatic carbocycles. The number of ether oxygens (including phenoxy) is 2. The molecular weight excluding hydrogens is 262 g/mol. The number of aliphatic carboxylic acids is 1. The summed E-state index contributed by atoms with van der Waals surface area (Å²) in [5.41, 5.74) is 0.538. The molecule has 1 aromatic rings. The Labute approximate surface area is 118 Å². The predicted octanol–water partition coefficient (Wildman–Crippen LogP) is 1.54. The van der Waals surface area contributed by atoms with Gasteiger partial charge in [0.25, 0.3) is 0 Å². The van der Waals surface area contributed by atoms with Crippen molar-refractivity contribution < 1.29 is 24.5 Å². The molecule has 1 unspecified atom stereocenters. The molecular formula is C14H21NO5. The standard InChI is InChI=1S/C14H21NO5/c1-3-20-12-9-10(5-6-11(12)16)13(14(17)18)15-7-4-8-19-2/h5-6,9,13,15-16H,3-4,7-8H2,1-2H3,(H,17,18). The van der Waals surface area contributed by atoms with E-state index in [0.717, 1.165) is 6.42 Å². The normalized spacial score (nSPS) is 12.1. The van der Waals surface area contributed by atoms with Crippen molar-refractivity contribution in [3.63, 3.8) is 0 Å². The molecule has 0 fully saturated rings. The number of carboxylic acids is 1. The second-order valence-electron chi connectivity index (χ2n) is 4.23. The smallest absolute Gasteiger partial charge is 0.325 e. The zero-order valence-electron chi connectivity index (χ0n) is 11.8. The Hall–Kier alpha value is -1.79. The van der Waals surface area contributed by atoms with Gasteiger partial charge in [0.2, 0.25) is 0 Å². The van der Waals surface area contributed by atoms with Crippen molar-refractivity contribution in [1.29, 1.82) is 0 Å². The van der Waals surface area contributed by atoms with E-state index in [9.17, 15) is 15.0 Å². The average Bonchev–Trinajstić information content (AvgIpc) is 2.41. The van der Waals surface area contributed by atoms with Crippen LogP contribution < -0.4 is 10.1 Å². The monoisotopic (exact) mass is 283 g/mol. The summed E-state index contributed by atoms with van der Waals surface area (Å²) in [5, 5.41) is 21.8. The van der Waals surface area contributed by atoms with Gasteiger partial charge in [-0.05, 0) is 37.6 Å². The van der Waals surface area contributed by atoms with E-state index in [2.05, 4.69) is 5.32 Å². The first-order chi connectivity index (χ1) is 9.60. The van der Waals surface area contributed by atoms with Crippen LogP contribution in [-0.4, -0.2) is 43.1 Å². The molecule has 0 saturated heterocycles. The van der Waals surface area contributed by atoms with Crippen molar-refractivity contribution in [2.75, 3.05) is 26.9 Å². The number of methoxy groups -OCH3 is 1. The van der Waals surface area contributed by atoms with Gasteiger partial charge in [-0.1, -0.05) is 6.07 Å². The third-order valence-electron chi connectivity index (χ3n) is 2.74. The van der Waals surface area contributed by atoms with Gasteiger partial charge in [-0.3, -0.25) is 4.79 Å². The van der Waals surface area contributed by atoms with E-state index in [1.807, 2.05) is 0 Å². The lowest BCUT2D eigenvalue weighted by Gasteiger charge is -2.16. The number of carbonyl (C=O) groups is 1. The van der Waals surface area contributed by atoms with Gasteiger partial charge in [-0.25, -0.2) is 0 Å². The number of carboxylic acid groups (broad SMARTS) is 1. The number of rotatable bonds is 9. The molecule has 0 spiro atoms. The van der Waals surface area contributed by atoms with Crippen molar-refractivity contribution in [3.05, 3.63) is 23.8 Å². The van der Waals surface area contributed by atoms with Gasteiger partial charge in [0.15, 0.2) is 11.5 Å². The van der Waals surface area contributed by atoms with E-state index in [1.165, 1.54) is 6.07 Å². The molecule has 0 bridgehead atoms. The number of phenolic OH excluding ortho intramolecular Hbond substituents is 1. The fraction of sp³-hybridized carbons (Fsp3) is 0.500. The Kier molecular flexibility index (Phi) is 6.83. The van der Waals surface area contributed by atoms with Gasteiger partial charge in [0, 0.05) is 13.7 Å². The molecule has 0 aliphatic carbocycles. The van der Waals surface area contributed by atoms with Crippen LogP contribution in [0.25, 0.3) is 0 Å². The van der Waals surface area contributed by atoms with Crippen molar-refractivity contribution in [2.24, 2.45) is 0 Å². The summed E-state index contributed by atoms with van der Waals surface area (Å²) < 4.78 is 10.2. The van der Waals surface area contributed by atoms with Crippen molar-refractivity contribution >= 4 is 5.97 Å². The molecule has 6 nitrogen and oxygen atoms in total. The van der Waals surface area contributed by atoms with E-state index in [1.54, 1.807) is 26.2 Å². The average molecular weight is 283 g/mol. The molecule has 0 radical (unpaired) electrons. The molecule has 0 aliphatic heterocycles. The van der Waals surface area contributed by atoms with Crippen molar-refractivity contribution in [1.82, 2.24) is 5.32 Å². The molecule has 0 amide bonds. The van der Waals surface area contributed by atoms with Gasteiger partial charge >= 0.3 is 5.97 Å². The lowest BCUT2D eigenvalue weighted by Crippen LogP contribution is -2.29. The summed E-state index contributed by atoms with van der Waals surface area (Å²) in [7, 11) is 1.60. The minimum Gasteiger partial charge on any atom is -0.504 e. The summed E-state index contributed by atoms with van der Waals surface area (Å²) >= 11 is 0. The number of benzene rings is 1. The summed E-state index contributed by atoms with van der Waals surface area (Å²) in [4.78, 5) is 11.3. The maximum absolute atomic E-state index is 11.3. The number of hydrogen-bond donors (Lipinski definition) is 3. The summed E-state index contributed by atoms with van der Waals surface area (Å²) in [5.74, 6) is -0.690. The molecule has 0 saturated carbocycles. The lowest BCUT2D eigenvalue weighted by molar-refractivity contribution is -0.139. The van der Waals surface area contributed by atoms with Gasteiger partial charge < -0.3 is 25.0 Å². The fourth-order valence-corrected chi connectivity index (χ4v) is 1.79. The number of aromatic hydroxyl groups is 1. The Bertz CT molecular complexity index is 436. The molecule has 0 heterocycles. The highest BCUT2D eigenvalue weighted by atomic mass is 16.5. The van der Waals surface area contributed by atoms with Crippen LogP contribution in [0.3, 0.4) is 0 Å². The Morgan fingerprint density at radius 3 is 2.80 bits per heavy atom. The second kappa shape index (κ2) is 8.39. The van der Waals surface area contributed by atoms with E-state index < -0.39 is 12.0 Å². The summed E-state index contributed by atoms with van der Waals surface area (Å²) in [6, 6.07) is 3.71. The van der Waals surface area contributed by atoms with E-state index >= 15 is 0 Å². The topological polar surface area (TPSA) is 88.0 Å². The Balaban J connectivity index is 2.80. The van der Waals surface area contributed by atoms with Crippen LogP contribution in [0, 0.1) is 0 Å². The van der Waals surface area contributed by atoms with Crippen molar-refractivity contribution in [2.45, 2.75) is 19.4 Å². The summed E-state index contributed by atoms with van der Waals surface area (Å²) in [6.07, 6.45) is 0.719. The molecule has 3 N–H and O–H groups in total. The van der Waals surface area contributed by atoms with Gasteiger partial charge in [0.05, 0.1) is 6.61 Å². The van der Waals surface area contributed by atoms with Crippen LogP contribution in [0.5, 0.6) is 11.5 Å². The third-order valence-corrected chi connectivity index (χ3v) is 2.74. The first-order valence-corrected chi connectivity index (χ1v) is 6.51. The van der Waals surface area contributed by atoms with Crippen LogP contribution in [0.2, 0.25) is 0 Å². The zero-order valence-corrected chi connectivity index (χ0v) is 11.8. The fourth-order valence-electron chi connectivity index (χ4n) is 1.79. The van der Waals surface area contributed by atoms with Crippen LogP contribution in [0.1, 0.15) is 24.9 Å². The number of hydrogen-bond acceptors (Lipinski definition) is 5. The van der Waals surface area contributed by atoms with Crippen LogP contribution in [-0.2, 0) is 9.53 Å². The molecule has 6 heteroatoms. The van der Waals surface area contributed by atoms with E-state index in [4.69, 9.17) is 9.47 Å². The minimum absolute atomic E-state index is 0.000813. The number of phenols is 1. The van der Waals surface area contributed by atoms with Gasteiger partial charge in [-0.15, -0.1) is 0 Å². The van der Waals surface area contributed by atoms with Crippen LogP contribution in [0.4, 0.5) is 0 Å². The highest BCUT2D eigenvalue weighted by Gasteiger charge is 2.20. The van der Waals surface area contributed by atoms with Crippen LogP contribution in [0.15, 0.2) is 18.2 Å². The largest absolute Gasteiger partial charge is 0.504 e. The molecule has 1 atom stereocenters. The first-order valence-electron chi connectivity index (χ1n) is 6.51. The van der Waals surface area contributed by atoms with Crippen molar-refractivity contribution in [3.8, 4) is 11.5 Å². The maximum Gasteiger partial charge on any atom is 0.325 e. The molecule has 0 aromatic heterocycles. The molecule has 0 aliphatic rings. The first kappa shape index (κ1) is 16.3. The molecule has 20 heavy (non-hydrogen) atoms. The van der Waals surface area contributed by atoms with E-state index in [-0.39, 0.29) is 11.5 Å². The van der Waals surface area contributed by atoms with E-state index in [0.29, 0.717) is 25.3 Å². The SMILES string of the molecule is CCOc1cc(C(NCCCOC)C(=O)O)ccc1O. The van der Waals surface area contributed by atoms with Crippen LogP contribution >= 0.6 is 0 Å². The second-order valence-corrected chi connectivity index (χ2v) is 4.23. The quantitative estimate of drug-likeness (QED) is 0.596. The predicted molar refractivity (Wildman–Crippen MR) is 74.1 cm³/mol. The minimum atomic E-state index is -0.976. The Morgan fingerprint density at radius 1 is 1.45 bits per heavy atom. The Morgan fingerprint density at radius 2 is 2.20 bits per heavy atom. The third kappa shape index (κ3) is 4.71. The highest BCUT2D eigenvalue weighted by Crippen LogP contribution is 2.29. The zero-order chi connectivity index (χ0) is 15.0. The summed E-state index contributed by atoms with van der Waals surface area (Å²) in [6.45, 7) is 3.29.